The van der Waals surface area contributed by atoms with E-state index in [4.69, 9.17) is 5.26 Å². The van der Waals surface area contributed by atoms with Gasteiger partial charge in [0.15, 0.2) is 0 Å². The van der Waals surface area contributed by atoms with Gasteiger partial charge >= 0.3 is 0 Å². The number of benzene rings is 1. The summed E-state index contributed by atoms with van der Waals surface area (Å²) in [5, 5.41) is 15.2. The van der Waals surface area contributed by atoms with E-state index >= 15 is 0 Å². The topological polar surface area (TPSA) is 87.8 Å². The molecule has 1 amide bonds. The molecule has 0 spiro atoms. The number of aryl methyl sites for hydroxylation is 1. The van der Waals surface area contributed by atoms with Crippen molar-refractivity contribution in [2.75, 3.05) is 5.32 Å². The molecule has 19 heavy (non-hydrogen) atoms. The van der Waals surface area contributed by atoms with Crippen LogP contribution in [0.15, 0.2) is 41.2 Å². The summed E-state index contributed by atoms with van der Waals surface area (Å²) in [4.78, 5) is 23.1. The molecule has 0 saturated heterocycles. The van der Waals surface area contributed by atoms with Gasteiger partial charge in [-0.05, 0) is 24.3 Å². The van der Waals surface area contributed by atoms with Crippen LogP contribution in [0.5, 0.6) is 0 Å². The standard InChI is InChI=1S/C13H10N4O2/c1-17-12(18)6-5-11(16-17)13(19)15-10-4-2-3-9(7-10)8-14/h2-7H,1H3,(H,15,19). The summed E-state index contributed by atoms with van der Waals surface area (Å²) < 4.78 is 1.08. The molecule has 0 aliphatic heterocycles. The summed E-state index contributed by atoms with van der Waals surface area (Å²) >= 11 is 0. The molecule has 2 aromatic rings. The molecule has 0 aliphatic carbocycles. The maximum atomic E-state index is 11.9. The molecule has 1 N–H and O–H groups in total. The zero-order valence-electron chi connectivity index (χ0n) is 10.1. The number of anilines is 1. The van der Waals surface area contributed by atoms with Gasteiger partial charge in [-0.1, -0.05) is 6.07 Å². The summed E-state index contributed by atoms with van der Waals surface area (Å²) in [6.07, 6.45) is 0. The summed E-state index contributed by atoms with van der Waals surface area (Å²) in [5.74, 6) is -0.439. The lowest BCUT2D eigenvalue weighted by molar-refractivity contribution is 0.102. The van der Waals surface area contributed by atoms with Crippen molar-refractivity contribution in [3.63, 3.8) is 0 Å². The molecule has 1 aromatic carbocycles. The van der Waals surface area contributed by atoms with E-state index in [1.165, 1.54) is 19.2 Å². The van der Waals surface area contributed by atoms with Gasteiger partial charge in [0.05, 0.1) is 11.6 Å². The number of nitrogens with zero attached hydrogens (tertiary/aromatic N) is 3. The third-order valence-electron chi connectivity index (χ3n) is 2.44. The number of nitriles is 1. The molecule has 0 bridgehead atoms. The molecule has 1 heterocycles. The summed E-state index contributed by atoms with van der Waals surface area (Å²) in [7, 11) is 1.47. The second-order valence-electron chi connectivity index (χ2n) is 3.83. The maximum Gasteiger partial charge on any atom is 0.276 e. The van der Waals surface area contributed by atoms with E-state index in [1.807, 2.05) is 6.07 Å². The van der Waals surface area contributed by atoms with E-state index in [0.717, 1.165) is 4.68 Å². The van der Waals surface area contributed by atoms with Gasteiger partial charge in [0.25, 0.3) is 11.5 Å². The first-order valence-corrected chi connectivity index (χ1v) is 5.46. The maximum absolute atomic E-state index is 11.9. The van der Waals surface area contributed by atoms with Crippen LogP contribution in [0.2, 0.25) is 0 Å². The molecule has 0 saturated carbocycles. The van der Waals surface area contributed by atoms with Crippen molar-refractivity contribution >= 4 is 11.6 Å². The van der Waals surface area contributed by atoms with E-state index in [-0.39, 0.29) is 11.3 Å². The third kappa shape index (κ3) is 2.84. The predicted octanol–water partition coefficient (Wildman–Crippen LogP) is 0.904. The lowest BCUT2D eigenvalue weighted by Gasteiger charge is -2.05. The fourth-order valence-corrected chi connectivity index (χ4v) is 1.49. The molecule has 0 unspecified atom stereocenters. The number of hydrogen-bond acceptors (Lipinski definition) is 4. The summed E-state index contributed by atoms with van der Waals surface area (Å²) in [6.45, 7) is 0. The number of hydrogen-bond donors (Lipinski definition) is 1. The van der Waals surface area contributed by atoms with Gasteiger partial charge in [-0.25, -0.2) is 4.68 Å². The zero-order valence-corrected chi connectivity index (χ0v) is 10.1. The quantitative estimate of drug-likeness (QED) is 0.862. The molecule has 0 fully saturated rings. The van der Waals surface area contributed by atoms with Crippen LogP contribution in [0.4, 0.5) is 5.69 Å². The molecule has 6 nitrogen and oxygen atoms in total. The molecule has 0 radical (unpaired) electrons. The highest BCUT2D eigenvalue weighted by atomic mass is 16.2. The van der Waals surface area contributed by atoms with E-state index in [0.29, 0.717) is 11.3 Å². The van der Waals surface area contributed by atoms with Crippen LogP contribution in [0.1, 0.15) is 16.1 Å². The fraction of sp³-hybridized carbons (Fsp3) is 0.0769. The number of aromatic nitrogens is 2. The van der Waals surface area contributed by atoms with Crippen molar-refractivity contribution in [3.8, 4) is 6.07 Å². The number of nitrogens with one attached hydrogen (secondary N) is 1. The second-order valence-corrected chi connectivity index (χ2v) is 3.83. The smallest absolute Gasteiger partial charge is 0.276 e. The Morgan fingerprint density at radius 2 is 2.16 bits per heavy atom. The Morgan fingerprint density at radius 1 is 1.37 bits per heavy atom. The van der Waals surface area contributed by atoms with E-state index < -0.39 is 5.91 Å². The van der Waals surface area contributed by atoms with E-state index in [1.54, 1.807) is 24.3 Å². The molecule has 0 atom stereocenters. The lowest BCUT2D eigenvalue weighted by atomic mass is 10.2. The zero-order chi connectivity index (χ0) is 13.8. The normalized spacial score (nSPS) is 9.68. The minimum atomic E-state index is -0.439. The molecule has 1 aromatic heterocycles. The fourth-order valence-electron chi connectivity index (χ4n) is 1.49. The molecule has 2 rings (SSSR count). The van der Waals surface area contributed by atoms with Crippen LogP contribution in [-0.4, -0.2) is 15.7 Å². The Morgan fingerprint density at radius 3 is 2.84 bits per heavy atom. The minimum absolute atomic E-state index is 0.129. The van der Waals surface area contributed by atoms with Gasteiger partial charge in [0.1, 0.15) is 5.69 Å². The lowest BCUT2D eigenvalue weighted by Crippen LogP contribution is -2.23. The largest absolute Gasteiger partial charge is 0.321 e. The summed E-state index contributed by atoms with van der Waals surface area (Å²) in [5.41, 5.74) is 0.790. The second kappa shape index (κ2) is 5.14. The Hall–Kier alpha value is -2.94. The van der Waals surface area contributed by atoms with Gasteiger partial charge in [0.2, 0.25) is 0 Å². The highest BCUT2D eigenvalue weighted by molar-refractivity contribution is 6.02. The van der Waals surface area contributed by atoms with Gasteiger partial charge < -0.3 is 5.32 Å². The number of carbonyl (C=O) groups is 1. The van der Waals surface area contributed by atoms with Gasteiger partial charge in [-0.15, -0.1) is 0 Å². The highest BCUT2D eigenvalue weighted by Gasteiger charge is 2.09. The van der Waals surface area contributed by atoms with Crippen LogP contribution in [0, 0.1) is 11.3 Å². The minimum Gasteiger partial charge on any atom is -0.321 e. The Labute approximate surface area is 108 Å². The first-order chi connectivity index (χ1) is 9.10. The summed E-state index contributed by atoms with van der Waals surface area (Å²) in [6, 6.07) is 11.1. The molecule has 6 heteroatoms. The van der Waals surface area contributed by atoms with Crippen LogP contribution in [0.3, 0.4) is 0 Å². The van der Waals surface area contributed by atoms with Crippen molar-refractivity contribution in [3.05, 3.63) is 58.0 Å². The van der Waals surface area contributed by atoms with Gasteiger partial charge in [-0.3, -0.25) is 9.59 Å². The SMILES string of the molecule is Cn1nc(C(=O)Nc2cccc(C#N)c2)ccc1=O. The Kier molecular flexibility index (Phi) is 3.39. The number of amides is 1. The number of rotatable bonds is 2. The predicted molar refractivity (Wildman–Crippen MR) is 68.6 cm³/mol. The average Bonchev–Trinajstić information content (AvgIpc) is 2.42. The van der Waals surface area contributed by atoms with Gasteiger partial charge in [0, 0.05) is 18.8 Å². The van der Waals surface area contributed by atoms with E-state index in [2.05, 4.69) is 10.4 Å². The Bertz CT molecular complexity index is 728. The molecule has 0 aliphatic rings. The van der Waals surface area contributed by atoms with Crippen molar-refractivity contribution < 1.29 is 4.79 Å². The highest BCUT2D eigenvalue weighted by Crippen LogP contribution is 2.10. The Balaban J connectivity index is 2.23. The van der Waals surface area contributed by atoms with Crippen LogP contribution < -0.4 is 10.9 Å². The number of carbonyl (C=O) groups excluding carboxylic acids is 1. The average molecular weight is 254 g/mol. The van der Waals surface area contributed by atoms with E-state index in [9.17, 15) is 9.59 Å². The first kappa shape index (κ1) is 12.5. The first-order valence-electron chi connectivity index (χ1n) is 5.46. The van der Waals surface area contributed by atoms with Crippen LogP contribution >= 0.6 is 0 Å². The van der Waals surface area contributed by atoms with Crippen molar-refractivity contribution in [1.29, 1.82) is 5.26 Å². The molecular weight excluding hydrogens is 244 g/mol. The van der Waals surface area contributed by atoms with Crippen LogP contribution in [0.25, 0.3) is 0 Å². The van der Waals surface area contributed by atoms with Crippen LogP contribution in [-0.2, 0) is 7.05 Å². The third-order valence-corrected chi connectivity index (χ3v) is 2.44. The molecular formula is C13H10N4O2. The van der Waals surface area contributed by atoms with Crippen molar-refractivity contribution in [2.24, 2.45) is 7.05 Å². The molecule has 94 valence electrons. The van der Waals surface area contributed by atoms with Crippen molar-refractivity contribution in [2.45, 2.75) is 0 Å². The van der Waals surface area contributed by atoms with Crippen molar-refractivity contribution in [1.82, 2.24) is 9.78 Å². The van der Waals surface area contributed by atoms with Gasteiger partial charge in [-0.2, -0.15) is 10.4 Å². The monoisotopic (exact) mass is 254 g/mol.